The predicted molar refractivity (Wildman–Crippen MR) is 74.0 cm³/mol. The highest BCUT2D eigenvalue weighted by Crippen LogP contribution is 2.05. The molecule has 0 bridgehead atoms. The first-order valence-corrected chi connectivity index (χ1v) is 8.38. The zero-order chi connectivity index (χ0) is 11.9. The molecule has 0 rings (SSSR count). The van der Waals surface area contributed by atoms with Crippen molar-refractivity contribution in [2.24, 2.45) is 0 Å². The minimum atomic E-state index is 0.756. The van der Waals surface area contributed by atoms with Gasteiger partial charge in [0.15, 0.2) is 0 Å². The fraction of sp³-hybridized carbons (Fsp3) is 1.00. The summed E-state index contributed by atoms with van der Waals surface area (Å²) in [6, 6.07) is 1.29. The van der Waals surface area contributed by atoms with Crippen molar-refractivity contribution >= 4 is 9.76 Å². The molecule has 0 saturated carbocycles. The summed E-state index contributed by atoms with van der Waals surface area (Å²) >= 11 is 0. The molecule has 0 aliphatic heterocycles. The van der Waals surface area contributed by atoms with Crippen molar-refractivity contribution in [3.8, 4) is 0 Å². The first-order valence-electron chi connectivity index (χ1n) is 7.26. The summed E-state index contributed by atoms with van der Waals surface area (Å²) < 4.78 is 5.65. The molecule has 16 heavy (non-hydrogen) atoms. The zero-order valence-corrected chi connectivity index (χ0v) is 12.4. The third-order valence-electron chi connectivity index (χ3n) is 2.83. The molecular formula is C14H30OSi. The van der Waals surface area contributed by atoms with E-state index in [2.05, 4.69) is 13.8 Å². The van der Waals surface area contributed by atoms with E-state index in [-0.39, 0.29) is 0 Å². The van der Waals surface area contributed by atoms with Crippen LogP contribution in [-0.4, -0.2) is 16.4 Å². The van der Waals surface area contributed by atoms with E-state index in [1.807, 2.05) is 0 Å². The summed E-state index contributed by atoms with van der Waals surface area (Å²) in [6.07, 6.45) is 13.7. The van der Waals surface area contributed by atoms with Crippen molar-refractivity contribution in [1.82, 2.24) is 0 Å². The van der Waals surface area contributed by atoms with Crippen LogP contribution < -0.4 is 0 Å². The highest BCUT2D eigenvalue weighted by atomic mass is 28.2. The van der Waals surface area contributed by atoms with Crippen LogP contribution in [0.5, 0.6) is 0 Å². The average molecular weight is 242 g/mol. The van der Waals surface area contributed by atoms with Gasteiger partial charge >= 0.3 is 0 Å². The molecule has 0 heterocycles. The van der Waals surface area contributed by atoms with Crippen LogP contribution in [0, 0.1) is 0 Å². The van der Waals surface area contributed by atoms with Crippen molar-refractivity contribution in [1.29, 1.82) is 0 Å². The van der Waals surface area contributed by atoms with Crippen LogP contribution in [0.15, 0.2) is 0 Å². The van der Waals surface area contributed by atoms with E-state index in [1.165, 1.54) is 70.3 Å². The minimum Gasteiger partial charge on any atom is -0.417 e. The number of hydrogen-bond donors (Lipinski definition) is 0. The van der Waals surface area contributed by atoms with E-state index in [0.29, 0.717) is 0 Å². The summed E-state index contributed by atoms with van der Waals surface area (Å²) in [4.78, 5) is 0. The van der Waals surface area contributed by atoms with E-state index in [9.17, 15) is 0 Å². The third-order valence-corrected chi connectivity index (χ3v) is 3.80. The molecule has 0 aliphatic carbocycles. The quantitative estimate of drug-likeness (QED) is 0.327. The monoisotopic (exact) mass is 242 g/mol. The molecular weight excluding hydrogens is 212 g/mol. The molecule has 0 aromatic heterocycles. The summed E-state index contributed by atoms with van der Waals surface area (Å²) in [5.41, 5.74) is 0. The zero-order valence-electron chi connectivity index (χ0n) is 11.4. The first kappa shape index (κ1) is 16.2. The molecule has 0 fully saturated rings. The van der Waals surface area contributed by atoms with Gasteiger partial charge in [0, 0.05) is 6.61 Å². The van der Waals surface area contributed by atoms with Gasteiger partial charge < -0.3 is 4.43 Å². The van der Waals surface area contributed by atoms with Crippen molar-refractivity contribution in [2.75, 3.05) is 6.61 Å². The smallest absolute Gasteiger partial charge is 0.229 e. The molecule has 0 saturated heterocycles. The lowest BCUT2D eigenvalue weighted by atomic mass is 10.1. The second-order valence-electron chi connectivity index (χ2n) is 4.57. The predicted octanol–water partition coefficient (Wildman–Crippen LogP) is 4.98. The van der Waals surface area contributed by atoms with Crippen LogP contribution >= 0.6 is 0 Å². The molecule has 0 amide bonds. The van der Waals surface area contributed by atoms with E-state index in [0.717, 1.165) is 16.4 Å². The molecule has 0 aliphatic rings. The van der Waals surface area contributed by atoms with Gasteiger partial charge in [0.05, 0.1) is 0 Å². The maximum Gasteiger partial charge on any atom is 0.229 e. The second kappa shape index (κ2) is 15.2. The maximum absolute atomic E-state index is 5.65. The van der Waals surface area contributed by atoms with Crippen LogP contribution in [0.2, 0.25) is 6.04 Å². The Morgan fingerprint density at radius 3 is 1.94 bits per heavy atom. The van der Waals surface area contributed by atoms with Gasteiger partial charge in [-0.25, -0.2) is 0 Å². The molecule has 1 nitrogen and oxygen atoms in total. The van der Waals surface area contributed by atoms with Gasteiger partial charge in [0.2, 0.25) is 9.76 Å². The third kappa shape index (κ3) is 14.2. The summed E-state index contributed by atoms with van der Waals surface area (Å²) in [5, 5.41) is 0. The van der Waals surface area contributed by atoms with E-state index in [4.69, 9.17) is 4.43 Å². The molecule has 0 atom stereocenters. The first-order chi connectivity index (χ1) is 7.91. The van der Waals surface area contributed by atoms with E-state index < -0.39 is 0 Å². The molecule has 0 aromatic carbocycles. The van der Waals surface area contributed by atoms with Crippen LogP contribution in [0.25, 0.3) is 0 Å². The largest absolute Gasteiger partial charge is 0.417 e. The second-order valence-corrected chi connectivity index (χ2v) is 5.65. The van der Waals surface area contributed by atoms with E-state index in [1.54, 1.807) is 0 Å². The average Bonchev–Trinajstić information content (AvgIpc) is 2.31. The van der Waals surface area contributed by atoms with Crippen LogP contribution in [0.1, 0.15) is 78.1 Å². The lowest BCUT2D eigenvalue weighted by Gasteiger charge is -2.03. The molecule has 2 heteroatoms. The van der Waals surface area contributed by atoms with Gasteiger partial charge in [-0.2, -0.15) is 0 Å². The van der Waals surface area contributed by atoms with Crippen molar-refractivity contribution in [3.05, 3.63) is 0 Å². The van der Waals surface area contributed by atoms with Crippen LogP contribution in [0.4, 0.5) is 0 Å². The Labute approximate surface area is 105 Å². The topological polar surface area (TPSA) is 9.23 Å². The Morgan fingerprint density at radius 2 is 1.25 bits per heavy atom. The fourth-order valence-corrected chi connectivity index (χ4v) is 2.55. The minimum absolute atomic E-state index is 0.756. The van der Waals surface area contributed by atoms with Crippen LogP contribution in [-0.2, 0) is 4.43 Å². The van der Waals surface area contributed by atoms with Gasteiger partial charge in [0.25, 0.3) is 0 Å². The Kier molecular flexibility index (Phi) is 15.3. The van der Waals surface area contributed by atoms with E-state index >= 15 is 0 Å². The number of rotatable bonds is 13. The van der Waals surface area contributed by atoms with Gasteiger partial charge in [0.1, 0.15) is 0 Å². The molecule has 0 spiro atoms. The van der Waals surface area contributed by atoms with Gasteiger partial charge in [-0.1, -0.05) is 71.6 Å². The SMILES string of the molecule is CCCCCCCCO[Si]CCCCCC. The molecule has 2 radical (unpaired) electrons. The highest BCUT2D eigenvalue weighted by molar-refractivity contribution is 6.26. The lowest BCUT2D eigenvalue weighted by molar-refractivity contribution is 0.319. The summed E-state index contributed by atoms with van der Waals surface area (Å²) in [5.74, 6) is 0. The number of unbranched alkanes of at least 4 members (excludes halogenated alkanes) is 8. The standard InChI is InChI=1S/C14H30OSi/c1-3-5-7-9-10-11-13-15-16-14-12-8-6-4-2/h3-14H2,1-2H3. The Morgan fingerprint density at radius 1 is 0.688 bits per heavy atom. The summed E-state index contributed by atoms with van der Waals surface area (Å²) in [6.45, 7) is 5.53. The Bertz CT molecular complexity index is 103. The Hall–Kier alpha value is 0.177. The summed E-state index contributed by atoms with van der Waals surface area (Å²) in [7, 11) is 0.756. The maximum atomic E-state index is 5.65. The van der Waals surface area contributed by atoms with Gasteiger partial charge in [-0.15, -0.1) is 0 Å². The number of hydrogen-bond acceptors (Lipinski definition) is 1. The molecule has 0 N–H and O–H groups in total. The van der Waals surface area contributed by atoms with Gasteiger partial charge in [-0.05, 0) is 12.5 Å². The normalized spacial score (nSPS) is 10.9. The lowest BCUT2D eigenvalue weighted by Crippen LogP contribution is -2.00. The van der Waals surface area contributed by atoms with Crippen molar-refractivity contribution < 1.29 is 4.43 Å². The van der Waals surface area contributed by atoms with Crippen LogP contribution in [0.3, 0.4) is 0 Å². The molecule has 0 aromatic rings. The van der Waals surface area contributed by atoms with Gasteiger partial charge in [-0.3, -0.25) is 0 Å². The molecule has 0 unspecified atom stereocenters. The molecule has 96 valence electrons. The fourth-order valence-electron chi connectivity index (χ4n) is 1.72. The van der Waals surface area contributed by atoms with Crippen molar-refractivity contribution in [2.45, 2.75) is 84.1 Å². The highest BCUT2D eigenvalue weighted by Gasteiger charge is 1.94. The Balaban J connectivity index is 2.83. The van der Waals surface area contributed by atoms with Crippen molar-refractivity contribution in [3.63, 3.8) is 0 Å².